The maximum absolute atomic E-state index is 13.4. The minimum absolute atomic E-state index is 0.181. The van der Waals surface area contributed by atoms with Gasteiger partial charge in [0.2, 0.25) is 5.89 Å². The number of aromatic nitrogens is 1. The van der Waals surface area contributed by atoms with Crippen molar-refractivity contribution in [3.63, 3.8) is 0 Å². The minimum Gasteiger partial charge on any atom is -0.436 e. The van der Waals surface area contributed by atoms with E-state index in [0.29, 0.717) is 44.6 Å². The number of oxazole rings is 1. The molecule has 6 rings (SSSR count). The number of carbonyl (C=O) groups is 1. The third kappa shape index (κ3) is 4.37. The van der Waals surface area contributed by atoms with E-state index in [1.54, 1.807) is 60.7 Å². The first-order chi connectivity index (χ1) is 17.9. The third-order valence-corrected chi connectivity index (χ3v) is 6.20. The SMILES string of the molecule is O=C(Nc1ccc2oc(-c3ccc(F)cc3Cl)nc2c1)c1cccc(-c2cc3ccccc3oc2=O)c1. The Hall–Kier alpha value is -4.75. The number of halogens is 2. The van der Waals surface area contributed by atoms with Gasteiger partial charge in [-0.15, -0.1) is 0 Å². The molecule has 8 heteroatoms. The predicted molar refractivity (Wildman–Crippen MR) is 140 cm³/mol. The van der Waals surface area contributed by atoms with Crippen LogP contribution in [0, 0.1) is 5.82 Å². The summed E-state index contributed by atoms with van der Waals surface area (Å²) in [5, 5.41) is 3.81. The largest absolute Gasteiger partial charge is 0.436 e. The summed E-state index contributed by atoms with van der Waals surface area (Å²) in [5.41, 5.74) is 3.25. The number of para-hydroxylation sites is 1. The number of anilines is 1. The molecule has 0 spiro atoms. The number of nitrogens with zero attached hydrogens (tertiary/aromatic N) is 1. The van der Waals surface area contributed by atoms with Crippen molar-refractivity contribution in [2.45, 2.75) is 0 Å². The molecular formula is C29H16ClFN2O4. The van der Waals surface area contributed by atoms with Crippen LogP contribution in [0.2, 0.25) is 5.02 Å². The van der Waals surface area contributed by atoms with Gasteiger partial charge < -0.3 is 14.2 Å². The van der Waals surface area contributed by atoms with Gasteiger partial charge in [-0.3, -0.25) is 4.79 Å². The monoisotopic (exact) mass is 510 g/mol. The number of nitrogens with one attached hydrogen (secondary N) is 1. The van der Waals surface area contributed by atoms with E-state index in [1.165, 1.54) is 18.2 Å². The van der Waals surface area contributed by atoms with Gasteiger partial charge in [0.15, 0.2) is 5.58 Å². The molecule has 0 unspecified atom stereocenters. The van der Waals surface area contributed by atoms with Gasteiger partial charge in [-0.05, 0) is 66.2 Å². The number of rotatable bonds is 4. The van der Waals surface area contributed by atoms with Crippen molar-refractivity contribution in [2.75, 3.05) is 5.32 Å². The van der Waals surface area contributed by atoms with E-state index in [1.807, 2.05) is 12.1 Å². The van der Waals surface area contributed by atoms with Crippen molar-refractivity contribution >= 4 is 45.3 Å². The lowest BCUT2D eigenvalue weighted by Gasteiger charge is -2.07. The highest BCUT2D eigenvalue weighted by atomic mass is 35.5. The van der Waals surface area contributed by atoms with Gasteiger partial charge in [0, 0.05) is 16.6 Å². The van der Waals surface area contributed by atoms with Crippen LogP contribution in [0.5, 0.6) is 0 Å². The lowest BCUT2D eigenvalue weighted by Crippen LogP contribution is -2.12. The van der Waals surface area contributed by atoms with Crippen molar-refractivity contribution in [2.24, 2.45) is 0 Å². The Morgan fingerprint density at radius 1 is 0.838 bits per heavy atom. The average molecular weight is 511 g/mol. The van der Waals surface area contributed by atoms with Crippen LogP contribution in [-0.4, -0.2) is 10.9 Å². The summed E-state index contributed by atoms with van der Waals surface area (Å²) in [5.74, 6) is -0.581. The molecule has 0 bridgehead atoms. The fourth-order valence-corrected chi connectivity index (χ4v) is 4.33. The number of fused-ring (bicyclic) bond motifs is 2. The highest BCUT2D eigenvalue weighted by Crippen LogP contribution is 2.31. The van der Waals surface area contributed by atoms with Crippen molar-refractivity contribution < 1.29 is 18.0 Å². The van der Waals surface area contributed by atoms with E-state index < -0.39 is 11.4 Å². The smallest absolute Gasteiger partial charge is 0.344 e. The van der Waals surface area contributed by atoms with E-state index >= 15 is 0 Å². The van der Waals surface area contributed by atoms with E-state index in [0.717, 1.165) is 5.39 Å². The van der Waals surface area contributed by atoms with Crippen LogP contribution in [0.4, 0.5) is 10.1 Å². The first-order valence-corrected chi connectivity index (χ1v) is 11.6. The Labute approximate surface area is 213 Å². The summed E-state index contributed by atoms with van der Waals surface area (Å²) in [6.45, 7) is 0. The molecule has 0 radical (unpaired) electrons. The molecule has 0 fully saturated rings. The molecule has 37 heavy (non-hydrogen) atoms. The second-order valence-corrected chi connectivity index (χ2v) is 8.75. The van der Waals surface area contributed by atoms with Crippen molar-refractivity contribution in [1.29, 1.82) is 0 Å². The quantitative estimate of drug-likeness (QED) is 0.251. The maximum Gasteiger partial charge on any atom is 0.344 e. The van der Waals surface area contributed by atoms with Gasteiger partial charge in [-0.2, -0.15) is 0 Å². The molecule has 0 atom stereocenters. The summed E-state index contributed by atoms with van der Waals surface area (Å²) >= 11 is 6.13. The standard InChI is InChI=1S/C29H16ClFN2O4/c30-23-14-19(31)8-10-21(23)28-33-24-15-20(9-11-26(24)36-28)32-27(34)18-6-3-5-16(12-18)22-13-17-4-1-2-7-25(17)37-29(22)35/h1-15H,(H,32,34). The molecule has 1 amide bonds. The zero-order valence-electron chi connectivity index (χ0n) is 19.0. The van der Waals surface area contributed by atoms with Gasteiger partial charge >= 0.3 is 5.63 Å². The lowest BCUT2D eigenvalue weighted by atomic mass is 10.0. The number of hydrogen-bond acceptors (Lipinski definition) is 5. The third-order valence-electron chi connectivity index (χ3n) is 5.88. The highest BCUT2D eigenvalue weighted by molar-refractivity contribution is 6.33. The fourth-order valence-electron chi connectivity index (χ4n) is 4.08. The maximum atomic E-state index is 13.4. The molecule has 0 saturated carbocycles. The summed E-state index contributed by atoms with van der Waals surface area (Å²) in [6.07, 6.45) is 0. The van der Waals surface area contributed by atoms with Crippen LogP contribution >= 0.6 is 11.6 Å². The van der Waals surface area contributed by atoms with Crippen LogP contribution in [0.3, 0.4) is 0 Å². The Kier molecular flexibility index (Phi) is 5.54. The van der Waals surface area contributed by atoms with Crippen molar-refractivity contribution in [3.8, 4) is 22.6 Å². The molecule has 6 nitrogen and oxygen atoms in total. The van der Waals surface area contributed by atoms with Crippen molar-refractivity contribution in [1.82, 2.24) is 4.98 Å². The first kappa shape index (κ1) is 22.7. The van der Waals surface area contributed by atoms with Crippen LogP contribution < -0.4 is 10.9 Å². The van der Waals surface area contributed by atoms with Crippen molar-refractivity contribution in [3.05, 3.63) is 118 Å². The van der Waals surface area contributed by atoms with E-state index in [2.05, 4.69) is 10.3 Å². The molecule has 0 aliphatic heterocycles. The van der Waals surface area contributed by atoms with E-state index in [9.17, 15) is 14.0 Å². The van der Waals surface area contributed by atoms with Gasteiger partial charge in [-0.1, -0.05) is 41.9 Å². The minimum atomic E-state index is -0.482. The zero-order valence-corrected chi connectivity index (χ0v) is 19.8. The van der Waals surface area contributed by atoms with Gasteiger partial charge in [0.05, 0.1) is 16.1 Å². The summed E-state index contributed by atoms with van der Waals surface area (Å²) in [7, 11) is 0. The Morgan fingerprint density at radius 2 is 1.70 bits per heavy atom. The zero-order chi connectivity index (χ0) is 25.5. The molecule has 1 N–H and O–H groups in total. The molecule has 4 aromatic carbocycles. The molecular weight excluding hydrogens is 495 g/mol. The Bertz CT molecular complexity index is 1890. The first-order valence-electron chi connectivity index (χ1n) is 11.3. The summed E-state index contributed by atoms with van der Waals surface area (Å²) < 4.78 is 24.6. The van der Waals surface area contributed by atoms with Gasteiger partial charge in [-0.25, -0.2) is 14.2 Å². The van der Waals surface area contributed by atoms with E-state index in [-0.39, 0.29) is 16.8 Å². The second kappa shape index (κ2) is 9.04. The molecule has 2 aromatic heterocycles. The van der Waals surface area contributed by atoms with Crippen LogP contribution in [0.25, 0.3) is 44.7 Å². The molecule has 0 aliphatic rings. The fraction of sp³-hybridized carbons (Fsp3) is 0. The number of carbonyl (C=O) groups excluding carboxylic acids is 1. The number of amides is 1. The Morgan fingerprint density at radius 3 is 2.57 bits per heavy atom. The van der Waals surface area contributed by atoms with Crippen LogP contribution in [0.15, 0.2) is 105 Å². The molecule has 0 saturated heterocycles. The topological polar surface area (TPSA) is 85.3 Å². The summed E-state index contributed by atoms with van der Waals surface area (Å²) in [6, 6.07) is 24.7. The summed E-state index contributed by atoms with van der Waals surface area (Å²) in [4.78, 5) is 30.0. The second-order valence-electron chi connectivity index (χ2n) is 8.35. The van der Waals surface area contributed by atoms with Crippen LogP contribution in [-0.2, 0) is 0 Å². The molecule has 180 valence electrons. The molecule has 2 heterocycles. The van der Waals surface area contributed by atoms with Crippen LogP contribution in [0.1, 0.15) is 10.4 Å². The normalized spacial score (nSPS) is 11.2. The number of benzene rings is 4. The van der Waals surface area contributed by atoms with E-state index in [4.69, 9.17) is 20.4 Å². The van der Waals surface area contributed by atoms with Gasteiger partial charge in [0.1, 0.15) is 16.9 Å². The number of hydrogen-bond donors (Lipinski definition) is 1. The Balaban J connectivity index is 1.28. The molecule has 6 aromatic rings. The van der Waals surface area contributed by atoms with Gasteiger partial charge in [0.25, 0.3) is 5.91 Å². The average Bonchev–Trinajstić information content (AvgIpc) is 3.31. The molecule has 0 aliphatic carbocycles. The predicted octanol–water partition coefficient (Wildman–Crippen LogP) is 7.31. The highest BCUT2D eigenvalue weighted by Gasteiger charge is 2.15. The lowest BCUT2D eigenvalue weighted by molar-refractivity contribution is 0.102.